The number of nitrogens with zero attached hydrogens (tertiary/aromatic N) is 3. The molecule has 5 nitrogen and oxygen atoms in total. The molecule has 0 atom stereocenters. The first-order chi connectivity index (χ1) is 8.61. The van der Waals surface area contributed by atoms with Crippen molar-refractivity contribution in [2.24, 2.45) is 4.99 Å². The predicted molar refractivity (Wildman–Crippen MR) is 75.8 cm³/mol. The van der Waals surface area contributed by atoms with Crippen LogP contribution in [0.3, 0.4) is 0 Å². The maximum absolute atomic E-state index is 4.53. The van der Waals surface area contributed by atoms with Crippen molar-refractivity contribution in [3.63, 3.8) is 0 Å². The molecule has 0 aliphatic heterocycles. The van der Waals surface area contributed by atoms with Gasteiger partial charge in [-0.05, 0) is 39.7 Å². The maximum atomic E-state index is 4.53. The number of guanidine groups is 1. The molecule has 1 rings (SSSR count). The smallest absolute Gasteiger partial charge is 0.191 e. The van der Waals surface area contributed by atoms with Gasteiger partial charge in [-0.15, -0.1) is 0 Å². The van der Waals surface area contributed by atoms with Crippen LogP contribution in [0.4, 0.5) is 0 Å². The summed E-state index contributed by atoms with van der Waals surface area (Å²) in [5, 5.41) is 10.8. The molecule has 0 bridgehead atoms. The average molecular weight is 251 g/mol. The van der Waals surface area contributed by atoms with Crippen molar-refractivity contribution in [3.8, 4) is 0 Å². The molecular formula is C13H25N5. The van der Waals surface area contributed by atoms with Gasteiger partial charge in [-0.2, -0.15) is 5.10 Å². The Labute approximate surface area is 110 Å². The van der Waals surface area contributed by atoms with Crippen molar-refractivity contribution in [3.05, 3.63) is 18.0 Å². The molecule has 0 saturated heterocycles. The lowest BCUT2D eigenvalue weighted by atomic mass is 10.4. The van der Waals surface area contributed by atoms with Crippen LogP contribution in [0.25, 0.3) is 0 Å². The fraction of sp³-hybridized carbons (Fsp3) is 0.692. The van der Waals surface area contributed by atoms with E-state index in [4.69, 9.17) is 0 Å². The minimum Gasteiger partial charge on any atom is -0.357 e. The number of aryl methyl sites for hydroxylation is 2. The van der Waals surface area contributed by atoms with Crippen LogP contribution in [0.5, 0.6) is 0 Å². The number of nitrogens with one attached hydrogen (secondary N) is 2. The van der Waals surface area contributed by atoms with E-state index in [1.54, 1.807) is 0 Å². The monoisotopic (exact) mass is 251 g/mol. The number of hydrogen-bond acceptors (Lipinski definition) is 2. The summed E-state index contributed by atoms with van der Waals surface area (Å²) in [5.74, 6) is 0.893. The first kappa shape index (κ1) is 14.5. The van der Waals surface area contributed by atoms with Crippen molar-refractivity contribution in [2.75, 3.05) is 13.1 Å². The molecule has 1 aromatic rings. The second-order valence-corrected chi connectivity index (χ2v) is 4.69. The first-order valence-electron chi connectivity index (χ1n) is 6.65. The van der Waals surface area contributed by atoms with Gasteiger partial charge in [-0.1, -0.05) is 0 Å². The van der Waals surface area contributed by atoms with Gasteiger partial charge in [-0.3, -0.25) is 9.67 Å². The Balaban J connectivity index is 2.31. The summed E-state index contributed by atoms with van der Waals surface area (Å²) in [6.07, 6.45) is 4.94. The van der Waals surface area contributed by atoms with E-state index in [-0.39, 0.29) is 0 Å². The summed E-state index contributed by atoms with van der Waals surface area (Å²) >= 11 is 0. The van der Waals surface area contributed by atoms with Gasteiger partial charge < -0.3 is 10.6 Å². The summed E-state index contributed by atoms with van der Waals surface area (Å²) in [5.41, 5.74) is 1.20. The Kier molecular flexibility index (Phi) is 6.25. The van der Waals surface area contributed by atoms with E-state index in [0.717, 1.165) is 32.0 Å². The number of hydrogen-bond donors (Lipinski definition) is 2. The maximum Gasteiger partial charge on any atom is 0.191 e. The fourth-order valence-corrected chi connectivity index (χ4v) is 1.61. The lowest BCUT2D eigenvalue weighted by Gasteiger charge is -2.13. The summed E-state index contributed by atoms with van der Waals surface area (Å²) in [6.45, 7) is 11.0. The van der Waals surface area contributed by atoms with E-state index in [2.05, 4.69) is 54.6 Å². The van der Waals surface area contributed by atoms with Gasteiger partial charge in [0.15, 0.2) is 5.96 Å². The molecule has 0 aromatic carbocycles. The van der Waals surface area contributed by atoms with Crippen LogP contribution in [0.2, 0.25) is 0 Å². The molecule has 0 aliphatic carbocycles. The minimum absolute atomic E-state index is 0.400. The van der Waals surface area contributed by atoms with Crippen molar-refractivity contribution >= 4 is 5.96 Å². The molecule has 0 radical (unpaired) electrons. The summed E-state index contributed by atoms with van der Waals surface area (Å²) in [4.78, 5) is 4.53. The zero-order valence-corrected chi connectivity index (χ0v) is 11.9. The van der Waals surface area contributed by atoms with Gasteiger partial charge in [0.1, 0.15) is 0 Å². The summed E-state index contributed by atoms with van der Waals surface area (Å²) in [7, 11) is 0. The molecule has 2 N–H and O–H groups in total. The van der Waals surface area contributed by atoms with E-state index < -0.39 is 0 Å². The summed E-state index contributed by atoms with van der Waals surface area (Å²) in [6, 6.07) is 0.400. The predicted octanol–water partition coefficient (Wildman–Crippen LogP) is 1.55. The van der Waals surface area contributed by atoms with Crippen molar-refractivity contribution in [2.45, 2.75) is 46.7 Å². The normalized spacial score (nSPS) is 11.9. The summed E-state index contributed by atoms with van der Waals surface area (Å²) < 4.78 is 1.97. The topological polar surface area (TPSA) is 54.2 Å². The Morgan fingerprint density at radius 3 is 2.83 bits per heavy atom. The van der Waals surface area contributed by atoms with Crippen LogP contribution in [0.1, 0.15) is 32.8 Å². The molecule has 5 heteroatoms. The number of aliphatic imine (C=N–C) groups is 1. The average Bonchev–Trinajstić information content (AvgIpc) is 2.70. The lowest BCUT2D eigenvalue weighted by molar-refractivity contribution is 0.582. The van der Waals surface area contributed by atoms with Gasteiger partial charge in [0, 0.05) is 31.9 Å². The van der Waals surface area contributed by atoms with Gasteiger partial charge >= 0.3 is 0 Å². The van der Waals surface area contributed by atoms with Crippen molar-refractivity contribution in [1.82, 2.24) is 20.4 Å². The van der Waals surface area contributed by atoms with Crippen LogP contribution < -0.4 is 10.6 Å². The molecule has 1 heterocycles. The molecule has 0 unspecified atom stereocenters. The minimum atomic E-state index is 0.400. The van der Waals surface area contributed by atoms with E-state index >= 15 is 0 Å². The molecule has 102 valence electrons. The Morgan fingerprint density at radius 1 is 1.50 bits per heavy atom. The van der Waals surface area contributed by atoms with Gasteiger partial charge in [-0.25, -0.2) is 0 Å². The van der Waals surface area contributed by atoms with Crippen LogP contribution in [-0.2, 0) is 6.54 Å². The van der Waals surface area contributed by atoms with E-state index in [9.17, 15) is 0 Å². The zero-order chi connectivity index (χ0) is 13.4. The second kappa shape index (κ2) is 7.74. The fourth-order valence-electron chi connectivity index (χ4n) is 1.61. The van der Waals surface area contributed by atoms with E-state index in [1.165, 1.54) is 5.56 Å². The second-order valence-electron chi connectivity index (χ2n) is 4.69. The molecule has 0 spiro atoms. The highest BCUT2D eigenvalue weighted by Crippen LogP contribution is 1.96. The highest BCUT2D eigenvalue weighted by molar-refractivity contribution is 5.79. The third-order valence-electron chi connectivity index (χ3n) is 2.35. The Hall–Kier alpha value is -1.52. The van der Waals surface area contributed by atoms with Gasteiger partial charge in [0.05, 0.1) is 6.20 Å². The zero-order valence-electron chi connectivity index (χ0n) is 11.9. The quantitative estimate of drug-likeness (QED) is 0.458. The highest BCUT2D eigenvalue weighted by Gasteiger charge is 1.99. The van der Waals surface area contributed by atoms with E-state index in [1.807, 2.05) is 10.9 Å². The van der Waals surface area contributed by atoms with E-state index in [0.29, 0.717) is 6.04 Å². The number of rotatable bonds is 6. The molecular weight excluding hydrogens is 226 g/mol. The van der Waals surface area contributed by atoms with Crippen LogP contribution >= 0.6 is 0 Å². The van der Waals surface area contributed by atoms with Crippen LogP contribution in [0, 0.1) is 6.92 Å². The molecule has 0 amide bonds. The molecule has 0 aliphatic rings. The van der Waals surface area contributed by atoms with Crippen molar-refractivity contribution < 1.29 is 0 Å². The molecule has 0 fully saturated rings. The molecule has 1 aromatic heterocycles. The third kappa shape index (κ3) is 5.70. The van der Waals surface area contributed by atoms with Gasteiger partial charge in [0.25, 0.3) is 0 Å². The first-order valence-corrected chi connectivity index (χ1v) is 6.65. The molecule has 0 saturated carbocycles. The standard InChI is InChI=1S/C13H25N5/c1-5-14-13(17-11(2)3)15-7-6-8-18-10-12(4)9-16-18/h9-11H,5-8H2,1-4H3,(H2,14,15,17). The van der Waals surface area contributed by atoms with Crippen molar-refractivity contribution in [1.29, 1.82) is 0 Å². The Bertz CT molecular complexity index is 367. The van der Waals surface area contributed by atoms with Crippen LogP contribution in [0.15, 0.2) is 17.4 Å². The number of aromatic nitrogens is 2. The largest absolute Gasteiger partial charge is 0.357 e. The Morgan fingerprint density at radius 2 is 2.28 bits per heavy atom. The van der Waals surface area contributed by atoms with Crippen LogP contribution in [-0.4, -0.2) is 34.9 Å². The van der Waals surface area contributed by atoms with Gasteiger partial charge in [0.2, 0.25) is 0 Å². The molecule has 18 heavy (non-hydrogen) atoms. The highest BCUT2D eigenvalue weighted by atomic mass is 15.3. The third-order valence-corrected chi connectivity index (χ3v) is 2.35. The lowest BCUT2D eigenvalue weighted by Crippen LogP contribution is -2.41. The SMILES string of the molecule is CCNC(=NCCCn1cc(C)cn1)NC(C)C.